The molecule has 0 aliphatic heterocycles. The van der Waals surface area contributed by atoms with E-state index in [1.54, 1.807) is 0 Å². The van der Waals surface area contributed by atoms with Crippen LogP contribution in [0.2, 0.25) is 0 Å². The monoisotopic (exact) mass is 258 g/mol. The average Bonchev–Trinajstić information content (AvgIpc) is 3.23. The third-order valence-corrected chi connectivity index (χ3v) is 4.42. The molecule has 2 aliphatic rings. The van der Waals surface area contributed by atoms with E-state index in [0.29, 0.717) is 6.04 Å². The Bertz CT molecular complexity index is 433. The highest BCUT2D eigenvalue weighted by Gasteiger charge is 2.39. The summed E-state index contributed by atoms with van der Waals surface area (Å²) in [6, 6.07) is 10.3. The molecular weight excluding hydrogens is 232 g/mol. The second kappa shape index (κ2) is 5.26. The molecule has 2 nitrogen and oxygen atoms in total. The topological polar surface area (TPSA) is 29.3 Å². The van der Waals surface area contributed by atoms with Crippen molar-refractivity contribution < 1.29 is 0 Å². The van der Waals surface area contributed by atoms with Gasteiger partial charge in [0.15, 0.2) is 0 Å². The summed E-state index contributed by atoms with van der Waals surface area (Å²) in [5.41, 5.74) is 9.08. The van der Waals surface area contributed by atoms with E-state index in [1.165, 1.54) is 43.4 Å². The van der Waals surface area contributed by atoms with Crippen molar-refractivity contribution in [2.75, 3.05) is 6.54 Å². The Morgan fingerprint density at radius 3 is 2.53 bits per heavy atom. The third-order valence-electron chi connectivity index (χ3n) is 4.42. The van der Waals surface area contributed by atoms with Crippen molar-refractivity contribution in [2.24, 2.45) is 11.7 Å². The van der Waals surface area contributed by atoms with E-state index in [4.69, 9.17) is 5.73 Å². The molecule has 0 radical (unpaired) electrons. The van der Waals surface area contributed by atoms with Gasteiger partial charge in [0.2, 0.25) is 0 Å². The van der Waals surface area contributed by atoms with Gasteiger partial charge in [-0.1, -0.05) is 29.8 Å². The molecule has 1 aromatic carbocycles. The van der Waals surface area contributed by atoms with Crippen LogP contribution in [0.15, 0.2) is 24.3 Å². The van der Waals surface area contributed by atoms with Crippen molar-refractivity contribution in [3.8, 4) is 0 Å². The van der Waals surface area contributed by atoms with Gasteiger partial charge in [-0.2, -0.15) is 0 Å². The van der Waals surface area contributed by atoms with Crippen LogP contribution in [0.25, 0.3) is 0 Å². The lowest BCUT2D eigenvalue weighted by Crippen LogP contribution is -2.42. The molecule has 0 amide bonds. The molecule has 104 valence electrons. The SMILES string of the molecule is Cc1cccc(C(C(C)N)N(CC2CC2)C2CC2)c1. The van der Waals surface area contributed by atoms with Gasteiger partial charge in [0.05, 0.1) is 0 Å². The van der Waals surface area contributed by atoms with Crippen LogP contribution < -0.4 is 5.73 Å². The van der Waals surface area contributed by atoms with Gasteiger partial charge in [0, 0.05) is 24.7 Å². The van der Waals surface area contributed by atoms with Gasteiger partial charge >= 0.3 is 0 Å². The molecule has 2 unspecified atom stereocenters. The predicted octanol–water partition coefficient (Wildman–Crippen LogP) is 3.26. The summed E-state index contributed by atoms with van der Waals surface area (Å²) in [7, 11) is 0. The molecule has 2 atom stereocenters. The summed E-state index contributed by atoms with van der Waals surface area (Å²) in [6.07, 6.45) is 5.56. The zero-order valence-corrected chi connectivity index (χ0v) is 12.2. The van der Waals surface area contributed by atoms with Crippen molar-refractivity contribution in [1.29, 1.82) is 0 Å². The van der Waals surface area contributed by atoms with Crippen molar-refractivity contribution in [3.63, 3.8) is 0 Å². The standard InChI is InChI=1S/C17H26N2/c1-12-4-3-5-15(10-12)17(13(2)18)19(16-8-9-16)11-14-6-7-14/h3-5,10,13-14,16-17H,6-9,11,18H2,1-2H3. The number of aryl methyl sites for hydroxylation is 1. The highest BCUT2D eigenvalue weighted by molar-refractivity contribution is 5.26. The van der Waals surface area contributed by atoms with E-state index < -0.39 is 0 Å². The van der Waals surface area contributed by atoms with Gasteiger partial charge in [-0.15, -0.1) is 0 Å². The molecule has 0 heterocycles. The van der Waals surface area contributed by atoms with Gasteiger partial charge < -0.3 is 5.73 Å². The van der Waals surface area contributed by atoms with Crippen LogP contribution in [0.5, 0.6) is 0 Å². The molecule has 3 rings (SSSR count). The van der Waals surface area contributed by atoms with Crippen LogP contribution in [0.1, 0.15) is 49.8 Å². The number of rotatable bonds is 6. The molecular formula is C17H26N2. The van der Waals surface area contributed by atoms with Crippen LogP contribution in [-0.4, -0.2) is 23.5 Å². The first-order valence-electron chi connectivity index (χ1n) is 7.73. The fourth-order valence-electron chi connectivity index (χ4n) is 3.15. The van der Waals surface area contributed by atoms with Crippen LogP contribution in [-0.2, 0) is 0 Å². The highest BCUT2D eigenvalue weighted by Crippen LogP contribution is 2.40. The minimum Gasteiger partial charge on any atom is -0.326 e. The predicted molar refractivity (Wildman–Crippen MR) is 80.0 cm³/mol. The lowest BCUT2D eigenvalue weighted by molar-refractivity contribution is 0.159. The molecule has 1 aromatic rings. The second-order valence-electron chi connectivity index (χ2n) is 6.59. The Morgan fingerprint density at radius 1 is 1.26 bits per heavy atom. The molecule has 2 fully saturated rings. The maximum Gasteiger partial charge on any atom is 0.0499 e. The van der Waals surface area contributed by atoms with E-state index in [9.17, 15) is 0 Å². The number of benzene rings is 1. The zero-order valence-electron chi connectivity index (χ0n) is 12.2. The van der Waals surface area contributed by atoms with E-state index in [1.807, 2.05) is 0 Å². The van der Waals surface area contributed by atoms with Crippen molar-refractivity contribution in [2.45, 2.75) is 57.7 Å². The van der Waals surface area contributed by atoms with Gasteiger partial charge in [-0.3, -0.25) is 4.90 Å². The van der Waals surface area contributed by atoms with Gasteiger partial charge in [-0.05, 0) is 51.0 Å². The van der Waals surface area contributed by atoms with E-state index in [2.05, 4.69) is 43.0 Å². The van der Waals surface area contributed by atoms with E-state index in [0.717, 1.165) is 12.0 Å². The Hall–Kier alpha value is -0.860. The molecule has 0 bridgehead atoms. The number of nitrogens with zero attached hydrogens (tertiary/aromatic N) is 1. The normalized spacial score (nSPS) is 22.5. The number of hydrogen-bond acceptors (Lipinski definition) is 2. The third kappa shape index (κ3) is 3.18. The Morgan fingerprint density at radius 2 is 2.00 bits per heavy atom. The summed E-state index contributed by atoms with van der Waals surface area (Å²) >= 11 is 0. The summed E-state index contributed by atoms with van der Waals surface area (Å²) in [6.45, 7) is 5.59. The summed E-state index contributed by atoms with van der Waals surface area (Å²) in [4.78, 5) is 2.71. The van der Waals surface area contributed by atoms with E-state index in [-0.39, 0.29) is 6.04 Å². The first kappa shape index (κ1) is 13.1. The largest absolute Gasteiger partial charge is 0.326 e. The number of hydrogen-bond donors (Lipinski definition) is 1. The van der Waals surface area contributed by atoms with Gasteiger partial charge in [-0.25, -0.2) is 0 Å². The quantitative estimate of drug-likeness (QED) is 0.848. The Balaban J connectivity index is 1.85. The van der Waals surface area contributed by atoms with Crippen molar-refractivity contribution in [3.05, 3.63) is 35.4 Å². The molecule has 0 saturated heterocycles. The molecule has 0 spiro atoms. The summed E-state index contributed by atoms with van der Waals surface area (Å²) in [5.74, 6) is 0.937. The lowest BCUT2D eigenvalue weighted by atomic mass is 9.97. The van der Waals surface area contributed by atoms with Crippen LogP contribution >= 0.6 is 0 Å². The molecule has 19 heavy (non-hydrogen) atoms. The maximum atomic E-state index is 6.34. The first-order valence-corrected chi connectivity index (χ1v) is 7.73. The van der Waals surface area contributed by atoms with Crippen molar-refractivity contribution in [1.82, 2.24) is 4.90 Å². The Labute approximate surface area is 117 Å². The van der Waals surface area contributed by atoms with E-state index >= 15 is 0 Å². The average molecular weight is 258 g/mol. The molecule has 2 N–H and O–H groups in total. The smallest absolute Gasteiger partial charge is 0.0499 e. The fraction of sp³-hybridized carbons (Fsp3) is 0.647. The Kier molecular flexibility index (Phi) is 3.64. The molecule has 2 aliphatic carbocycles. The van der Waals surface area contributed by atoms with Crippen LogP contribution in [0.3, 0.4) is 0 Å². The molecule has 2 saturated carbocycles. The summed E-state index contributed by atoms with van der Waals surface area (Å²) < 4.78 is 0. The van der Waals surface area contributed by atoms with Crippen LogP contribution in [0, 0.1) is 12.8 Å². The molecule has 0 aromatic heterocycles. The van der Waals surface area contributed by atoms with Crippen LogP contribution in [0.4, 0.5) is 0 Å². The first-order chi connectivity index (χ1) is 9.15. The minimum atomic E-state index is 0.196. The maximum absolute atomic E-state index is 6.34. The minimum absolute atomic E-state index is 0.196. The van der Waals surface area contributed by atoms with Gasteiger partial charge in [0.25, 0.3) is 0 Å². The van der Waals surface area contributed by atoms with Crippen molar-refractivity contribution >= 4 is 0 Å². The fourth-order valence-corrected chi connectivity index (χ4v) is 3.15. The summed E-state index contributed by atoms with van der Waals surface area (Å²) in [5, 5.41) is 0. The van der Waals surface area contributed by atoms with Gasteiger partial charge in [0.1, 0.15) is 0 Å². The second-order valence-corrected chi connectivity index (χ2v) is 6.59. The lowest BCUT2D eigenvalue weighted by Gasteiger charge is -2.35. The highest BCUT2D eigenvalue weighted by atomic mass is 15.2. The zero-order chi connectivity index (χ0) is 13.4. The number of nitrogens with two attached hydrogens (primary N) is 1. The molecule has 2 heteroatoms.